The summed E-state index contributed by atoms with van der Waals surface area (Å²) in [5, 5.41) is 0. The first-order valence-corrected chi connectivity index (χ1v) is 6.09. The number of nitrogens with zero attached hydrogens (tertiary/aromatic N) is 2. The second-order valence-electron chi connectivity index (χ2n) is 4.84. The molecule has 1 amide bonds. The van der Waals surface area contributed by atoms with Crippen LogP contribution in [0.1, 0.15) is 26.3 Å². The van der Waals surface area contributed by atoms with E-state index in [0.29, 0.717) is 5.69 Å². The average Bonchev–Trinajstić information content (AvgIpc) is 2.18. The maximum atomic E-state index is 11.8. The molecule has 0 radical (unpaired) electrons. The van der Waals surface area contributed by atoms with Crippen LogP contribution in [0.3, 0.4) is 0 Å². The summed E-state index contributed by atoms with van der Waals surface area (Å²) in [4.78, 5) is 17.4. The van der Waals surface area contributed by atoms with Gasteiger partial charge in [0.2, 0.25) is 0 Å². The standard InChI is InChI=1S/C12H17BrN2O2/c1-8-6-9(7-14-10(8)13)15(5)11(16)17-12(2,3)4/h6-7H,1-5H3. The maximum absolute atomic E-state index is 11.8. The first kappa shape index (κ1) is 14.0. The minimum absolute atomic E-state index is 0.388. The van der Waals surface area contributed by atoms with E-state index in [2.05, 4.69) is 20.9 Å². The van der Waals surface area contributed by atoms with Gasteiger partial charge < -0.3 is 4.74 Å². The summed E-state index contributed by atoms with van der Waals surface area (Å²) in [5.74, 6) is 0. The van der Waals surface area contributed by atoms with Crippen molar-refractivity contribution in [1.82, 2.24) is 4.98 Å². The molecule has 0 spiro atoms. The molecule has 0 N–H and O–H groups in total. The van der Waals surface area contributed by atoms with E-state index in [1.807, 2.05) is 33.8 Å². The summed E-state index contributed by atoms with van der Waals surface area (Å²) in [6.07, 6.45) is 1.24. The van der Waals surface area contributed by atoms with E-state index in [9.17, 15) is 4.79 Å². The fourth-order valence-electron chi connectivity index (χ4n) is 1.16. The lowest BCUT2D eigenvalue weighted by molar-refractivity contribution is 0.0589. The fraction of sp³-hybridized carbons (Fsp3) is 0.500. The van der Waals surface area contributed by atoms with E-state index in [1.165, 1.54) is 4.90 Å². The molecule has 0 saturated carbocycles. The lowest BCUT2D eigenvalue weighted by Crippen LogP contribution is -2.34. The van der Waals surface area contributed by atoms with Gasteiger partial charge in [-0.2, -0.15) is 0 Å². The third kappa shape index (κ3) is 4.00. The Morgan fingerprint density at radius 2 is 2.06 bits per heavy atom. The topological polar surface area (TPSA) is 42.4 Å². The van der Waals surface area contributed by atoms with Crippen molar-refractivity contribution in [3.8, 4) is 0 Å². The van der Waals surface area contributed by atoms with Crippen LogP contribution < -0.4 is 4.90 Å². The third-order valence-electron chi connectivity index (χ3n) is 2.05. The van der Waals surface area contributed by atoms with E-state index < -0.39 is 5.60 Å². The Hall–Kier alpha value is -1.10. The van der Waals surface area contributed by atoms with Crippen molar-refractivity contribution in [2.45, 2.75) is 33.3 Å². The summed E-state index contributed by atoms with van der Waals surface area (Å²) in [7, 11) is 1.67. The van der Waals surface area contributed by atoms with Crippen molar-refractivity contribution < 1.29 is 9.53 Å². The van der Waals surface area contributed by atoms with E-state index >= 15 is 0 Å². The number of aromatic nitrogens is 1. The van der Waals surface area contributed by atoms with Gasteiger partial charge in [-0.3, -0.25) is 4.90 Å². The maximum Gasteiger partial charge on any atom is 0.414 e. The van der Waals surface area contributed by atoms with Crippen LogP contribution >= 0.6 is 15.9 Å². The molecule has 0 aliphatic carbocycles. The second-order valence-corrected chi connectivity index (χ2v) is 5.59. The van der Waals surface area contributed by atoms with Crippen LogP contribution in [0, 0.1) is 6.92 Å². The molecule has 5 heteroatoms. The molecular formula is C12H17BrN2O2. The lowest BCUT2D eigenvalue weighted by Gasteiger charge is -2.24. The zero-order chi connectivity index (χ0) is 13.2. The molecule has 1 rings (SSSR count). The highest BCUT2D eigenvalue weighted by Crippen LogP contribution is 2.21. The number of anilines is 1. The number of hydrogen-bond acceptors (Lipinski definition) is 3. The molecule has 0 aromatic carbocycles. The first-order chi connectivity index (χ1) is 7.70. The normalized spacial score (nSPS) is 11.2. The number of carbonyl (C=O) groups is 1. The predicted molar refractivity (Wildman–Crippen MR) is 71.3 cm³/mol. The highest BCUT2D eigenvalue weighted by molar-refractivity contribution is 9.10. The molecule has 4 nitrogen and oxygen atoms in total. The van der Waals surface area contributed by atoms with Gasteiger partial charge >= 0.3 is 6.09 Å². The molecule has 0 saturated heterocycles. The number of carbonyl (C=O) groups excluding carboxylic acids is 1. The zero-order valence-corrected chi connectivity index (χ0v) is 12.3. The Labute approximate surface area is 110 Å². The van der Waals surface area contributed by atoms with Gasteiger partial charge in [0.1, 0.15) is 10.2 Å². The van der Waals surface area contributed by atoms with Crippen LogP contribution in [-0.4, -0.2) is 23.7 Å². The van der Waals surface area contributed by atoms with Gasteiger partial charge in [0.05, 0.1) is 11.9 Å². The number of aryl methyl sites for hydroxylation is 1. The molecular weight excluding hydrogens is 284 g/mol. The molecule has 1 heterocycles. The quantitative estimate of drug-likeness (QED) is 0.745. The SMILES string of the molecule is Cc1cc(N(C)C(=O)OC(C)(C)C)cnc1Br. The van der Waals surface area contributed by atoms with Gasteiger partial charge in [-0.1, -0.05) is 0 Å². The predicted octanol–water partition coefficient (Wildman–Crippen LogP) is 3.52. The summed E-state index contributed by atoms with van der Waals surface area (Å²) in [6.45, 7) is 7.43. The number of rotatable bonds is 1. The average molecular weight is 301 g/mol. The molecule has 1 aromatic rings. The molecule has 1 aromatic heterocycles. The minimum Gasteiger partial charge on any atom is -0.443 e. The highest BCUT2D eigenvalue weighted by atomic mass is 79.9. The molecule has 0 aliphatic heterocycles. The van der Waals surface area contributed by atoms with Crippen LogP contribution in [0.15, 0.2) is 16.9 Å². The van der Waals surface area contributed by atoms with Gasteiger partial charge in [-0.05, 0) is 55.3 Å². The van der Waals surface area contributed by atoms with E-state index in [1.54, 1.807) is 13.2 Å². The molecule has 0 aliphatic rings. The van der Waals surface area contributed by atoms with Crippen LogP contribution in [0.25, 0.3) is 0 Å². The van der Waals surface area contributed by atoms with E-state index in [4.69, 9.17) is 4.74 Å². The van der Waals surface area contributed by atoms with Crippen LogP contribution in [-0.2, 0) is 4.74 Å². The van der Waals surface area contributed by atoms with Gasteiger partial charge in [0, 0.05) is 7.05 Å². The number of amides is 1. The van der Waals surface area contributed by atoms with Crippen molar-refractivity contribution in [3.05, 3.63) is 22.4 Å². The highest BCUT2D eigenvalue weighted by Gasteiger charge is 2.20. The van der Waals surface area contributed by atoms with Gasteiger partial charge in [-0.25, -0.2) is 9.78 Å². The van der Waals surface area contributed by atoms with Crippen molar-refractivity contribution >= 4 is 27.7 Å². The lowest BCUT2D eigenvalue weighted by atomic mass is 10.2. The monoisotopic (exact) mass is 300 g/mol. The molecule has 94 valence electrons. The van der Waals surface area contributed by atoms with Crippen molar-refractivity contribution in [2.75, 3.05) is 11.9 Å². The van der Waals surface area contributed by atoms with E-state index in [0.717, 1.165) is 10.2 Å². The summed E-state index contributed by atoms with van der Waals surface area (Å²) >= 11 is 3.32. The Morgan fingerprint density at radius 1 is 1.47 bits per heavy atom. The molecule has 0 bridgehead atoms. The van der Waals surface area contributed by atoms with Gasteiger partial charge in [-0.15, -0.1) is 0 Å². The number of hydrogen-bond donors (Lipinski definition) is 0. The zero-order valence-electron chi connectivity index (χ0n) is 10.7. The molecule has 0 atom stereocenters. The number of halogens is 1. The van der Waals surface area contributed by atoms with Crippen molar-refractivity contribution in [2.24, 2.45) is 0 Å². The Morgan fingerprint density at radius 3 is 2.53 bits per heavy atom. The number of pyridine rings is 1. The smallest absolute Gasteiger partial charge is 0.414 e. The molecule has 17 heavy (non-hydrogen) atoms. The summed E-state index contributed by atoms with van der Waals surface area (Å²) in [6, 6.07) is 1.88. The van der Waals surface area contributed by atoms with Crippen molar-refractivity contribution in [1.29, 1.82) is 0 Å². The van der Waals surface area contributed by atoms with Crippen LogP contribution in [0.4, 0.5) is 10.5 Å². The van der Waals surface area contributed by atoms with Crippen LogP contribution in [0.5, 0.6) is 0 Å². The largest absolute Gasteiger partial charge is 0.443 e. The first-order valence-electron chi connectivity index (χ1n) is 5.29. The van der Waals surface area contributed by atoms with E-state index in [-0.39, 0.29) is 6.09 Å². The van der Waals surface area contributed by atoms with Crippen LogP contribution in [0.2, 0.25) is 0 Å². The van der Waals surface area contributed by atoms with Gasteiger partial charge in [0.15, 0.2) is 0 Å². The molecule has 0 unspecified atom stereocenters. The van der Waals surface area contributed by atoms with Gasteiger partial charge in [0.25, 0.3) is 0 Å². The summed E-state index contributed by atoms with van der Waals surface area (Å²) < 4.78 is 6.05. The fourth-order valence-corrected chi connectivity index (χ4v) is 1.38. The Balaban J connectivity index is 2.85. The summed E-state index contributed by atoms with van der Waals surface area (Å²) in [5.41, 5.74) is 1.18. The second kappa shape index (κ2) is 5.04. The molecule has 0 fully saturated rings. The third-order valence-corrected chi connectivity index (χ3v) is 2.88. The number of ether oxygens (including phenoxy) is 1. The minimum atomic E-state index is -0.497. The Kier molecular flexibility index (Phi) is 4.14. The Bertz CT molecular complexity index is 427. The van der Waals surface area contributed by atoms with Crippen molar-refractivity contribution in [3.63, 3.8) is 0 Å².